The first-order valence-corrected chi connectivity index (χ1v) is 15.4. The van der Waals surface area contributed by atoms with Crippen LogP contribution in [0.3, 0.4) is 0 Å². The van der Waals surface area contributed by atoms with Crippen molar-refractivity contribution in [2.45, 2.75) is 97.2 Å². The van der Waals surface area contributed by atoms with E-state index in [1.54, 1.807) is 57.2 Å². The second-order valence-electron chi connectivity index (χ2n) is 11.7. The molecule has 2 atom stereocenters. The van der Waals surface area contributed by atoms with Gasteiger partial charge in [0.05, 0.1) is 10.7 Å². The van der Waals surface area contributed by atoms with E-state index in [9.17, 15) is 19.2 Å². The number of carbonyl (C=O) groups is 4. The lowest BCUT2D eigenvalue weighted by molar-refractivity contribution is -0.141. The van der Waals surface area contributed by atoms with Gasteiger partial charge in [-0.1, -0.05) is 74.4 Å². The number of rotatable bonds is 15. The molecule has 44 heavy (non-hydrogen) atoms. The van der Waals surface area contributed by atoms with E-state index in [4.69, 9.17) is 28.5 Å². The Morgan fingerprint density at radius 2 is 1.70 bits per heavy atom. The first-order valence-electron chi connectivity index (χ1n) is 15.0. The summed E-state index contributed by atoms with van der Waals surface area (Å²) in [5.74, 6) is 0.885. The lowest BCUT2D eigenvalue weighted by Crippen LogP contribution is -2.52. The van der Waals surface area contributed by atoms with E-state index >= 15 is 0 Å². The van der Waals surface area contributed by atoms with Crippen molar-refractivity contribution in [1.82, 2.24) is 10.2 Å². The molecule has 0 aromatic heterocycles. The number of terminal acetylenes is 1. The molecule has 2 aromatic rings. The fraction of sp³-hybridized carbons (Fsp3) is 0.471. The van der Waals surface area contributed by atoms with Crippen molar-refractivity contribution in [3.05, 3.63) is 64.2 Å². The number of ether oxygens (including phenoxy) is 1. The second-order valence-corrected chi connectivity index (χ2v) is 12.1. The number of primary amides is 1. The van der Waals surface area contributed by atoms with Crippen LogP contribution in [-0.2, 0) is 19.1 Å². The van der Waals surface area contributed by atoms with Crippen LogP contribution in [0.15, 0.2) is 42.5 Å². The van der Waals surface area contributed by atoms with Crippen LogP contribution >= 0.6 is 11.6 Å². The number of carbonyl (C=O) groups excluding carboxylic acids is 4. The minimum Gasteiger partial charge on any atom is -0.444 e. The largest absolute Gasteiger partial charge is 0.444 e. The number of nitrogens with one attached hydrogen (secondary N) is 2. The molecule has 0 aliphatic rings. The molecule has 0 heterocycles. The number of halogens is 1. The molecule has 0 bridgehead atoms. The van der Waals surface area contributed by atoms with Crippen LogP contribution in [0.25, 0.3) is 0 Å². The van der Waals surface area contributed by atoms with Gasteiger partial charge in [0.25, 0.3) is 5.91 Å². The number of hydrogen-bond donors (Lipinski definition) is 3. The summed E-state index contributed by atoms with van der Waals surface area (Å²) in [5.41, 5.74) is 6.89. The zero-order valence-electron chi connectivity index (χ0n) is 26.4. The minimum absolute atomic E-state index is 0.0757. The molecule has 9 nitrogen and oxygen atoms in total. The van der Waals surface area contributed by atoms with Gasteiger partial charge in [0.2, 0.25) is 11.8 Å². The van der Waals surface area contributed by atoms with Gasteiger partial charge >= 0.3 is 6.09 Å². The van der Waals surface area contributed by atoms with Crippen molar-refractivity contribution in [1.29, 1.82) is 0 Å². The van der Waals surface area contributed by atoms with Gasteiger partial charge in [0, 0.05) is 18.5 Å². The summed E-state index contributed by atoms with van der Waals surface area (Å²) in [7, 11) is 0. The number of para-hydroxylation sites is 1. The summed E-state index contributed by atoms with van der Waals surface area (Å²) in [6, 6.07) is 9.77. The molecule has 0 radical (unpaired) electrons. The van der Waals surface area contributed by atoms with Crippen molar-refractivity contribution in [3.8, 4) is 12.3 Å². The number of amides is 4. The van der Waals surface area contributed by atoms with Crippen molar-refractivity contribution >= 4 is 41.1 Å². The smallest absolute Gasteiger partial charge is 0.408 e. The molecule has 0 aliphatic heterocycles. The molecule has 4 N–H and O–H groups in total. The molecule has 2 aromatic carbocycles. The van der Waals surface area contributed by atoms with E-state index in [0.29, 0.717) is 28.3 Å². The number of nitrogens with zero attached hydrogens (tertiary/aromatic N) is 1. The highest BCUT2D eigenvalue weighted by atomic mass is 35.5. The zero-order chi connectivity index (χ0) is 32.9. The maximum Gasteiger partial charge on any atom is 0.408 e. The predicted octanol–water partition coefficient (Wildman–Crippen LogP) is 6.27. The third-order valence-corrected chi connectivity index (χ3v) is 7.19. The molecule has 0 fully saturated rings. The summed E-state index contributed by atoms with van der Waals surface area (Å²) >= 11 is 6.45. The van der Waals surface area contributed by atoms with Gasteiger partial charge in [-0.05, 0) is 69.9 Å². The monoisotopic (exact) mass is 624 g/mol. The van der Waals surface area contributed by atoms with E-state index in [1.165, 1.54) is 4.90 Å². The third-order valence-electron chi connectivity index (χ3n) is 6.88. The number of hydrogen-bond acceptors (Lipinski definition) is 5. The lowest BCUT2D eigenvalue weighted by atomic mass is 9.99. The Hall–Kier alpha value is -4.03. The summed E-state index contributed by atoms with van der Waals surface area (Å²) < 4.78 is 5.40. The van der Waals surface area contributed by atoms with Gasteiger partial charge in [-0.2, -0.15) is 0 Å². The van der Waals surface area contributed by atoms with Gasteiger partial charge in [-0.25, -0.2) is 4.79 Å². The van der Waals surface area contributed by atoms with Gasteiger partial charge in [-0.15, -0.1) is 6.42 Å². The van der Waals surface area contributed by atoms with Gasteiger partial charge in [0.15, 0.2) is 0 Å². The summed E-state index contributed by atoms with van der Waals surface area (Å²) in [6.45, 7) is 9.24. The zero-order valence-corrected chi connectivity index (χ0v) is 27.1. The Morgan fingerprint density at radius 1 is 1.05 bits per heavy atom. The normalized spacial score (nSPS) is 12.4. The second kappa shape index (κ2) is 17.3. The molecule has 0 aliphatic carbocycles. The van der Waals surface area contributed by atoms with E-state index in [0.717, 1.165) is 31.2 Å². The molecule has 10 heteroatoms. The van der Waals surface area contributed by atoms with Crippen LogP contribution in [0.4, 0.5) is 10.5 Å². The molecule has 0 spiro atoms. The van der Waals surface area contributed by atoms with Crippen LogP contribution in [0.1, 0.15) is 95.4 Å². The van der Waals surface area contributed by atoms with E-state index < -0.39 is 41.5 Å². The number of alkyl carbamates (subject to hydrolysis) is 1. The van der Waals surface area contributed by atoms with Gasteiger partial charge in [0.1, 0.15) is 17.7 Å². The average Bonchev–Trinajstić information content (AvgIpc) is 2.95. The molecule has 4 amide bonds. The molecule has 2 unspecified atom stereocenters. The highest BCUT2D eigenvalue weighted by molar-refractivity contribution is 6.34. The molecule has 2 rings (SSSR count). The Labute approximate surface area is 266 Å². The van der Waals surface area contributed by atoms with Crippen LogP contribution in [0.2, 0.25) is 5.02 Å². The van der Waals surface area contributed by atoms with E-state index in [1.807, 2.05) is 13.0 Å². The van der Waals surface area contributed by atoms with Crippen LogP contribution in [-0.4, -0.2) is 46.9 Å². The number of nitrogens with two attached hydrogens (primary N) is 1. The molecule has 0 saturated carbocycles. The Balaban J connectivity index is 2.61. The quantitative estimate of drug-likeness (QED) is 0.159. The molecule has 238 valence electrons. The molecular formula is C34H45ClN4O5. The molecule has 0 saturated heterocycles. The third kappa shape index (κ3) is 11.6. The average molecular weight is 625 g/mol. The van der Waals surface area contributed by atoms with Crippen LogP contribution in [0.5, 0.6) is 0 Å². The summed E-state index contributed by atoms with van der Waals surface area (Å²) in [5, 5.41) is 5.88. The Bertz CT molecular complexity index is 1310. The number of anilines is 1. The Morgan fingerprint density at radius 3 is 2.27 bits per heavy atom. The van der Waals surface area contributed by atoms with Crippen LogP contribution in [0, 0.1) is 19.3 Å². The fourth-order valence-corrected chi connectivity index (χ4v) is 4.93. The van der Waals surface area contributed by atoms with Crippen molar-refractivity contribution in [2.24, 2.45) is 5.73 Å². The minimum atomic E-state index is -1.18. The van der Waals surface area contributed by atoms with Crippen molar-refractivity contribution in [2.75, 3.05) is 11.9 Å². The number of aryl methyl sites for hydroxylation is 1. The highest BCUT2D eigenvalue weighted by Gasteiger charge is 2.36. The Kier molecular flexibility index (Phi) is 14.2. The van der Waals surface area contributed by atoms with Gasteiger partial charge < -0.3 is 26.0 Å². The van der Waals surface area contributed by atoms with Gasteiger partial charge in [-0.3, -0.25) is 14.4 Å². The SMILES string of the molecule is C#Cc1ccc(C(C(=O)Nc2c(C)cccc2Cl)N(CCCCCCC)C(=O)C(CCC(N)=O)NC(=O)OC(C)(C)C)cc1. The van der Waals surface area contributed by atoms with E-state index in [2.05, 4.69) is 23.5 Å². The van der Waals surface area contributed by atoms with Crippen molar-refractivity contribution < 1.29 is 23.9 Å². The first-order chi connectivity index (χ1) is 20.8. The summed E-state index contributed by atoms with van der Waals surface area (Å²) in [4.78, 5) is 54.5. The lowest BCUT2D eigenvalue weighted by Gasteiger charge is -2.35. The first kappa shape index (κ1) is 36.2. The predicted molar refractivity (Wildman–Crippen MR) is 174 cm³/mol. The van der Waals surface area contributed by atoms with E-state index in [-0.39, 0.29) is 19.4 Å². The number of benzene rings is 2. The van der Waals surface area contributed by atoms with Crippen LogP contribution < -0.4 is 16.4 Å². The standard InChI is InChI=1S/C34H45ClN4O5/c1-7-9-10-11-12-22-39(32(42)27(20-21-28(36)40)37-33(43)44-34(4,5)6)30(25-18-16-24(8-2)17-19-25)31(41)38-29-23(3)14-13-15-26(29)35/h2,13-19,27,30H,7,9-12,20-22H2,1,3-6H3,(H2,36,40)(H,37,43)(H,38,41). The summed E-state index contributed by atoms with van der Waals surface area (Å²) in [6.07, 6.45) is 9.00. The number of unbranched alkanes of at least 4 members (excludes halogenated alkanes) is 4. The topological polar surface area (TPSA) is 131 Å². The maximum atomic E-state index is 14.4. The fourth-order valence-electron chi connectivity index (χ4n) is 4.66. The maximum absolute atomic E-state index is 14.4. The molecular weight excluding hydrogens is 580 g/mol. The van der Waals surface area contributed by atoms with Crippen molar-refractivity contribution in [3.63, 3.8) is 0 Å². The highest BCUT2D eigenvalue weighted by Crippen LogP contribution is 2.30.